The molecule has 1 heterocycles. The topological polar surface area (TPSA) is 29.0 Å². The second-order valence-electron chi connectivity index (χ2n) is 4.29. The first-order valence-electron chi connectivity index (χ1n) is 6.06. The van der Waals surface area contributed by atoms with Crippen LogP contribution in [0.1, 0.15) is 18.2 Å². The summed E-state index contributed by atoms with van der Waals surface area (Å²) in [7, 11) is 1.74. The highest BCUT2D eigenvalue weighted by atomic mass is 19.1. The van der Waals surface area contributed by atoms with Crippen LogP contribution in [-0.2, 0) is 13.0 Å². The van der Waals surface area contributed by atoms with E-state index in [1.165, 1.54) is 18.5 Å². The van der Waals surface area contributed by atoms with Crippen LogP contribution >= 0.6 is 0 Å². The number of benzene rings is 1. The minimum atomic E-state index is -0.394. The van der Waals surface area contributed by atoms with Gasteiger partial charge in [-0.05, 0) is 24.1 Å². The molecule has 0 aliphatic carbocycles. The lowest BCUT2D eigenvalue weighted by Gasteiger charge is -2.19. The van der Waals surface area contributed by atoms with E-state index in [0.29, 0.717) is 18.7 Å². The highest BCUT2D eigenvalue weighted by molar-refractivity contribution is 5.41. The smallest absolute Gasteiger partial charge is 0.187 e. The van der Waals surface area contributed by atoms with E-state index in [2.05, 4.69) is 9.97 Å². The molecule has 0 saturated heterocycles. The lowest BCUT2D eigenvalue weighted by molar-refractivity contribution is 0.587. The van der Waals surface area contributed by atoms with Gasteiger partial charge in [0, 0.05) is 13.6 Å². The monoisotopic (exact) mass is 263 g/mol. The largest absolute Gasteiger partial charge is 0.353 e. The van der Waals surface area contributed by atoms with Gasteiger partial charge in [-0.1, -0.05) is 19.1 Å². The molecular formula is C14H15F2N3. The summed E-state index contributed by atoms with van der Waals surface area (Å²) in [5.74, 6) is -0.418. The van der Waals surface area contributed by atoms with Crippen molar-refractivity contribution in [2.75, 3.05) is 11.9 Å². The molecule has 0 aliphatic heterocycles. The lowest BCUT2D eigenvalue weighted by atomic mass is 10.2. The number of anilines is 1. The van der Waals surface area contributed by atoms with E-state index >= 15 is 0 Å². The van der Waals surface area contributed by atoms with E-state index in [-0.39, 0.29) is 11.6 Å². The molecule has 2 aromatic rings. The Balaban J connectivity index is 2.20. The van der Waals surface area contributed by atoms with Gasteiger partial charge in [-0.2, -0.15) is 0 Å². The van der Waals surface area contributed by atoms with Crippen molar-refractivity contribution in [3.05, 3.63) is 53.5 Å². The zero-order chi connectivity index (χ0) is 13.8. The third-order valence-electron chi connectivity index (χ3n) is 2.87. The van der Waals surface area contributed by atoms with Gasteiger partial charge in [-0.25, -0.2) is 18.7 Å². The van der Waals surface area contributed by atoms with Gasteiger partial charge >= 0.3 is 0 Å². The Labute approximate surface area is 110 Å². The fourth-order valence-corrected chi connectivity index (χ4v) is 1.85. The molecular weight excluding hydrogens is 248 g/mol. The molecule has 0 amide bonds. The summed E-state index contributed by atoms with van der Waals surface area (Å²) >= 11 is 0. The maximum atomic E-state index is 14.1. The molecule has 0 atom stereocenters. The Morgan fingerprint density at radius 3 is 2.42 bits per heavy atom. The van der Waals surface area contributed by atoms with Crippen LogP contribution < -0.4 is 4.90 Å². The van der Waals surface area contributed by atoms with Crippen molar-refractivity contribution in [1.29, 1.82) is 0 Å². The van der Waals surface area contributed by atoms with E-state index in [4.69, 9.17) is 0 Å². The summed E-state index contributed by atoms with van der Waals surface area (Å²) in [5, 5.41) is 0. The Kier molecular flexibility index (Phi) is 4.04. The molecule has 2 rings (SSSR count). The zero-order valence-electron chi connectivity index (χ0n) is 10.9. The predicted octanol–water partition coefficient (Wildman–Crippen LogP) is 2.95. The quantitative estimate of drug-likeness (QED) is 0.849. The van der Waals surface area contributed by atoms with E-state index in [1.807, 2.05) is 6.92 Å². The first-order valence-corrected chi connectivity index (χ1v) is 6.06. The summed E-state index contributed by atoms with van der Waals surface area (Å²) in [4.78, 5) is 9.55. The highest BCUT2D eigenvalue weighted by Gasteiger charge is 2.13. The number of halogens is 2. The van der Waals surface area contributed by atoms with Crippen LogP contribution in [0.5, 0.6) is 0 Å². The normalized spacial score (nSPS) is 10.5. The second-order valence-corrected chi connectivity index (χ2v) is 4.29. The van der Waals surface area contributed by atoms with Crippen molar-refractivity contribution >= 4 is 5.82 Å². The van der Waals surface area contributed by atoms with Crippen molar-refractivity contribution in [1.82, 2.24) is 9.97 Å². The van der Waals surface area contributed by atoms with E-state index in [9.17, 15) is 8.78 Å². The maximum absolute atomic E-state index is 14.1. The third kappa shape index (κ3) is 3.05. The molecule has 0 unspecified atom stereocenters. The molecule has 5 heteroatoms. The van der Waals surface area contributed by atoms with Crippen LogP contribution in [0.15, 0.2) is 30.6 Å². The highest BCUT2D eigenvalue weighted by Crippen LogP contribution is 2.19. The average molecular weight is 263 g/mol. The van der Waals surface area contributed by atoms with E-state index in [1.54, 1.807) is 24.1 Å². The zero-order valence-corrected chi connectivity index (χ0v) is 10.9. The lowest BCUT2D eigenvalue weighted by Crippen LogP contribution is -2.20. The van der Waals surface area contributed by atoms with Gasteiger partial charge in [0.15, 0.2) is 11.6 Å². The number of aryl methyl sites for hydroxylation is 1. The molecule has 19 heavy (non-hydrogen) atoms. The van der Waals surface area contributed by atoms with Crippen molar-refractivity contribution < 1.29 is 8.78 Å². The molecule has 100 valence electrons. The number of aromatic nitrogens is 2. The van der Waals surface area contributed by atoms with Gasteiger partial charge in [0.05, 0.1) is 5.69 Å². The molecule has 0 radical (unpaired) electrons. The fourth-order valence-electron chi connectivity index (χ4n) is 1.85. The van der Waals surface area contributed by atoms with Crippen LogP contribution in [0.2, 0.25) is 0 Å². The SMILES string of the molecule is CCc1ncnc(N(C)Cc2ccc(F)cc2)c1F. The standard InChI is InChI=1S/C14H15F2N3/c1-3-12-13(16)14(18-9-17-12)19(2)8-10-4-6-11(15)7-5-10/h4-7,9H,3,8H2,1-2H3. The number of hydrogen-bond acceptors (Lipinski definition) is 3. The van der Waals surface area contributed by atoms with Gasteiger partial charge < -0.3 is 4.90 Å². The summed E-state index contributed by atoms with van der Waals surface area (Å²) < 4.78 is 26.9. The summed E-state index contributed by atoms with van der Waals surface area (Å²) in [6.07, 6.45) is 1.88. The Morgan fingerprint density at radius 2 is 1.79 bits per heavy atom. The molecule has 0 spiro atoms. The summed E-state index contributed by atoms with van der Waals surface area (Å²) in [5.41, 5.74) is 1.29. The van der Waals surface area contributed by atoms with Crippen LogP contribution in [-0.4, -0.2) is 17.0 Å². The van der Waals surface area contributed by atoms with Crippen LogP contribution in [0, 0.1) is 11.6 Å². The molecule has 3 nitrogen and oxygen atoms in total. The van der Waals surface area contributed by atoms with Gasteiger partial charge in [0.25, 0.3) is 0 Å². The van der Waals surface area contributed by atoms with Crippen molar-refractivity contribution in [3.8, 4) is 0 Å². The van der Waals surface area contributed by atoms with Crippen LogP contribution in [0.3, 0.4) is 0 Å². The minimum absolute atomic E-state index is 0.260. The molecule has 0 N–H and O–H groups in total. The number of nitrogens with zero attached hydrogens (tertiary/aromatic N) is 3. The number of hydrogen-bond donors (Lipinski definition) is 0. The Bertz CT molecular complexity index is 555. The Hall–Kier alpha value is -2.04. The molecule has 0 aliphatic rings. The first kappa shape index (κ1) is 13.4. The minimum Gasteiger partial charge on any atom is -0.353 e. The van der Waals surface area contributed by atoms with Crippen molar-refractivity contribution in [2.45, 2.75) is 19.9 Å². The molecule has 1 aromatic carbocycles. The third-order valence-corrected chi connectivity index (χ3v) is 2.87. The van der Waals surface area contributed by atoms with E-state index in [0.717, 1.165) is 5.56 Å². The van der Waals surface area contributed by atoms with Crippen LogP contribution in [0.4, 0.5) is 14.6 Å². The molecule has 1 aromatic heterocycles. The summed E-state index contributed by atoms with van der Waals surface area (Å²) in [6.45, 7) is 2.30. The van der Waals surface area contributed by atoms with Crippen molar-refractivity contribution in [2.24, 2.45) is 0 Å². The second kappa shape index (κ2) is 5.73. The predicted molar refractivity (Wildman–Crippen MR) is 69.9 cm³/mol. The van der Waals surface area contributed by atoms with Gasteiger partial charge in [-0.3, -0.25) is 0 Å². The van der Waals surface area contributed by atoms with E-state index < -0.39 is 5.82 Å². The average Bonchev–Trinajstić information content (AvgIpc) is 2.41. The summed E-state index contributed by atoms with van der Waals surface area (Å²) in [6, 6.07) is 6.12. The first-order chi connectivity index (χ1) is 9.11. The molecule has 0 saturated carbocycles. The van der Waals surface area contributed by atoms with Crippen molar-refractivity contribution in [3.63, 3.8) is 0 Å². The maximum Gasteiger partial charge on any atom is 0.187 e. The molecule has 0 fully saturated rings. The van der Waals surface area contributed by atoms with Gasteiger partial charge in [-0.15, -0.1) is 0 Å². The number of rotatable bonds is 4. The van der Waals surface area contributed by atoms with Gasteiger partial charge in [0.1, 0.15) is 12.1 Å². The fraction of sp³-hybridized carbons (Fsp3) is 0.286. The molecule has 0 bridgehead atoms. The van der Waals surface area contributed by atoms with Crippen LogP contribution in [0.25, 0.3) is 0 Å². The van der Waals surface area contributed by atoms with Gasteiger partial charge in [0.2, 0.25) is 0 Å². The Morgan fingerprint density at radius 1 is 1.11 bits per heavy atom.